The molecule has 2 rings (SSSR count). The molecule has 1 aliphatic carbocycles. The molecule has 0 bridgehead atoms. The molecule has 21 heavy (non-hydrogen) atoms. The fraction of sp³-hybridized carbons (Fsp3) is 0.429. The Morgan fingerprint density at radius 2 is 1.81 bits per heavy atom. The molecule has 0 aliphatic heterocycles. The van der Waals surface area contributed by atoms with Gasteiger partial charge in [0.1, 0.15) is 0 Å². The fourth-order valence-corrected chi connectivity index (χ4v) is 2.88. The molecule has 0 atom stereocenters. The normalized spacial score (nSPS) is 17.1. The second-order valence-corrected chi connectivity index (χ2v) is 5.11. The van der Waals surface area contributed by atoms with Crippen LogP contribution in [0.15, 0.2) is 24.3 Å². The van der Waals surface area contributed by atoms with E-state index in [1.165, 1.54) is 12.1 Å². The van der Waals surface area contributed by atoms with E-state index < -0.39 is 28.8 Å². The summed E-state index contributed by atoms with van der Waals surface area (Å²) in [6.07, 6.45) is -2.08. The maximum atomic E-state index is 12.8. The first-order valence-electron chi connectivity index (χ1n) is 6.34. The number of ketones is 1. The summed E-state index contributed by atoms with van der Waals surface area (Å²) < 4.78 is 38.4. The van der Waals surface area contributed by atoms with Crippen molar-refractivity contribution in [3.63, 3.8) is 0 Å². The highest BCUT2D eigenvalue weighted by Gasteiger charge is 2.44. The van der Waals surface area contributed by atoms with Crippen LogP contribution in [-0.4, -0.2) is 11.6 Å². The van der Waals surface area contributed by atoms with Gasteiger partial charge in [-0.05, 0) is 24.5 Å². The molecular weight excluding hydrogens is 305 g/mol. The van der Waals surface area contributed by atoms with E-state index in [1.54, 1.807) is 0 Å². The van der Waals surface area contributed by atoms with Gasteiger partial charge in [-0.15, -0.1) is 12.4 Å². The number of carbonyl (C=O) groups is 1. The maximum Gasteiger partial charge on any atom is 0.416 e. The quantitative estimate of drug-likeness (QED) is 0.661. The summed E-state index contributed by atoms with van der Waals surface area (Å²) in [5.41, 5.74) is 3.74. The van der Waals surface area contributed by atoms with Crippen LogP contribution in [0.2, 0.25) is 0 Å². The number of Topliss-reactive ketones (excluding diaryl/α,β-unsaturated/α-hetero) is 1. The average Bonchev–Trinajstić information content (AvgIpc) is 2.87. The zero-order chi connectivity index (χ0) is 15.0. The summed E-state index contributed by atoms with van der Waals surface area (Å²) in [5, 5.41) is 7.32. The van der Waals surface area contributed by atoms with Gasteiger partial charge in [-0.25, -0.2) is 0 Å². The monoisotopic (exact) mass is 320 g/mol. The Balaban J connectivity index is 0.00000220. The predicted octanol–water partition coefficient (Wildman–Crippen LogP) is 3.44. The van der Waals surface area contributed by atoms with Gasteiger partial charge in [-0.2, -0.15) is 13.2 Å². The van der Waals surface area contributed by atoms with Gasteiger partial charge in [0, 0.05) is 0 Å². The van der Waals surface area contributed by atoms with Crippen molar-refractivity contribution in [1.29, 1.82) is 5.41 Å². The zero-order valence-electron chi connectivity index (χ0n) is 11.2. The number of rotatable bonds is 3. The van der Waals surface area contributed by atoms with E-state index in [2.05, 4.69) is 0 Å². The van der Waals surface area contributed by atoms with Gasteiger partial charge in [-0.3, -0.25) is 10.2 Å². The highest BCUT2D eigenvalue weighted by atomic mass is 35.5. The lowest BCUT2D eigenvalue weighted by atomic mass is 9.74. The van der Waals surface area contributed by atoms with Gasteiger partial charge in [0.2, 0.25) is 5.78 Å². The van der Waals surface area contributed by atoms with Crippen LogP contribution in [0.3, 0.4) is 0 Å². The third-order valence-corrected chi connectivity index (χ3v) is 3.88. The van der Waals surface area contributed by atoms with E-state index >= 15 is 0 Å². The van der Waals surface area contributed by atoms with E-state index in [-0.39, 0.29) is 12.4 Å². The smallest absolute Gasteiger partial charge is 0.381 e. The minimum Gasteiger partial charge on any atom is -0.381 e. The lowest BCUT2D eigenvalue weighted by Gasteiger charge is -2.28. The number of hydrogen-bond acceptors (Lipinski definition) is 2. The largest absolute Gasteiger partial charge is 0.416 e. The van der Waals surface area contributed by atoms with Crippen LogP contribution in [0.5, 0.6) is 0 Å². The predicted molar refractivity (Wildman–Crippen MR) is 75.8 cm³/mol. The Bertz CT molecular complexity index is 551. The Morgan fingerprint density at radius 3 is 2.29 bits per heavy atom. The van der Waals surface area contributed by atoms with E-state index in [9.17, 15) is 18.0 Å². The number of alkyl halides is 3. The van der Waals surface area contributed by atoms with Crippen LogP contribution in [0.4, 0.5) is 13.2 Å². The minimum atomic E-state index is -4.45. The van der Waals surface area contributed by atoms with Crippen molar-refractivity contribution < 1.29 is 18.0 Å². The van der Waals surface area contributed by atoms with E-state index in [0.29, 0.717) is 18.4 Å². The molecule has 1 aliphatic rings. The van der Waals surface area contributed by atoms with Crippen LogP contribution in [0.1, 0.15) is 36.8 Å². The highest BCUT2D eigenvalue weighted by Crippen LogP contribution is 2.43. The van der Waals surface area contributed by atoms with E-state index in [4.69, 9.17) is 11.1 Å². The first-order chi connectivity index (χ1) is 9.27. The average molecular weight is 321 g/mol. The number of benzene rings is 1. The molecule has 0 saturated heterocycles. The number of amidine groups is 1. The molecule has 116 valence electrons. The number of halogens is 4. The lowest BCUT2D eigenvalue weighted by Crippen LogP contribution is -2.41. The van der Waals surface area contributed by atoms with Gasteiger partial charge in [0.15, 0.2) is 5.84 Å². The first kappa shape index (κ1) is 17.5. The first-order valence-corrected chi connectivity index (χ1v) is 6.34. The number of nitrogens with two attached hydrogens (primary N) is 1. The molecule has 0 radical (unpaired) electrons. The van der Waals surface area contributed by atoms with Crippen LogP contribution >= 0.6 is 12.4 Å². The molecule has 0 aromatic heterocycles. The molecule has 1 aromatic rings. The van der Waals surface area contributed by atoms with Gasteiger partial charge >= 0.3 is 6.18 Å². The van der Waals surface area contributed by atoms with Gasteiger partial charge < -0.3 is 5.73 Å². The van der Waals surface area contributed by atoms with Gasteiger partial charge in [-0.1, -0.05) is 31.0 Å². The Morgan fingerprint density at radius 1 is 1.24 bits per heavy atom. The molecule has 1 saturated carbocycles. The second-order valence-electron chi connectivity index (χ2n) is 5.11. The SMILES string of the molecule is Cl.N=C(N)C(=O)C1(c2cccc(C(F)(F)F)c2)CCCC1. The Hall–Kier alpha value is -1.56. The van der Waals surface area contributed by atoms with Crippen molar-refractivity contribution in [2.75, 3.05) is 0 Å². The summed E-state index contributed by atoms with van der Waals surface area (Å²) in [6, 6.07) is 4.80. The van der Waals surface area contributed by atoms with Crippen molar-refractivity contribution in [2.45, 2.75) is 37.3 Å². The Kier molecular flexibility index (Phi) is 5.04. The molecular formula is C14H16ClF3N2O. The van der Waals surface area contributed by atoms with Crippen molar-refractivity contribution in [1.82, 2.24) is 0 Å². The second kappa shape index (κ2) is 6.05. The van der Waals surface area contributed by atoms with Crippen LogP contribution in [0, 0.1) is 5.41 Å². The van der Waals surface area contributed by atoms with Crippen molar-refractivity contribution in [3.05, 3.63) is 35.4 Å². The number of carbonyl (C=O) groups excluding carboxylic acids is 1. The Labute approximate surface area is 126 Å². The standard InChI is InChI=1S/C14H15F3N2O.ClH/c15-14(16,17)10-5-3-4-9(8-10)13(6-1-2-7-13)11(20)12(18)19;/h3-5,8H,1-2,6-7H2,(H3,18,19);1H. The van der Waals surface area contributed by atoms with E-state index in [1.807, 2.05) is 0 Å². The van der Waals surface area contributed by atoms with Crippen LogP contribution in [0.25, 0.3) is 0 Å². The topological polar surface area (TPSA) is 66.9 Å². The lowest BCUT2D eigenvalue weighted by molar-refractivity contribution is -0.137. The molecule has 1 aromatic carbocycles. The molecule has 0 heterocycles. The molecule has 0 unspecified atom stereocenters. The molecule has 3 N–H and O–H groups in total. The van der Waals surface area contributed by atoms with Gasteiger partial charge in [0.25, 0.3) is 0 Å². The minimum absolute atomic E-state index is 0. The maximum absolute atomic E-state index is 12.8. The summed E-state index contributed by atoms with van der Waals surface area (Å²) in [5.74, 6) is -1.17. The summed E-state index contributed by atoms with van der Waals surface area (Å²) in [6.45, 7) is 0. The molecule has 0 amide bonds. The summed E-state index contributed by atoms with van der Waals surface area (Å²) >= 11 is 0. The van der Waals surface area contributed by atoms with Crippen molar-refractivity contribution >= 4 is 24.0 Å². The fourth-order valence-electron chi connectivity index (χ4n) is 2.88. The van der Waals surface area contributed by atoms with E-state index in [0.717, 1.165) is 25.0 Å². The van der Waals surface area contributed by atoms with Crippen LogP contribution in [-0.2, 0) is 16.4 Å². The van der Waals surface area contributed by atoms with Gasteiger partial charge in [0.05, 0.1) is 11.0 Å². The summed E-state index contributed by atoms with van der Waals surface area (Å²) in [4.78, 5) is 12.2. The molecule has 7 heteroatoms. The third kappa shape index (κ3) is 3.20. The van der Waals surface area contributed by atoms with Crippen LogP contribution < -0.4 is 5.73 Å². The molecule has 3 nitrogen and oxygen atoms in total. The highest BCUT2D eigenvalue weighted by molar-refractivity contribution is 6.40. The summed E-state index contributed by atoms with van der Waals surface area (Å²) in [7, 11) is 0. The number of nitrogens with one attached hydrogen (secondary N) is 1. The molecule has 1 fully saturated rings. The molecule has 0 spiro atoms. The van der Waals surface area contributed by atoms with Crippen molar-refractivity contribution in [3.8, 4) is 0 Å². The zero-order valence-corrected chi connectivity index (χ0v) is 12.0. The number of hydrogen-bond donors (Lipinski definition) is 2. The third-order valence-electron chi connectivity index (χ3n) is 3.88. The van der Waals surface area contributed by atoms with Crippen molar-refractivity contribution in [2.24, 2.45) is 5.73 Å².